The van der Waals surface area contributed by atoms with Crippen LogP contribution in [0, 0.1) is 0 Å². The fraction of sp³-hybridized carbons (Fsp3) is 0.312. The fourth-order valence-corrected chi connectivity index (χ4v) is 1.97. The van der Waals surface area contributed by atoms with Crippen LogP contribution in [0.2, 0.25) is 0 Å². The zero-order chi connectivity index (χ0) is 14.2. The third-order valence-electron chi connectivity index (χ3n) is 2.94. The number of para-hydroxylation sites is 1. The molecule has 0 atom stereocenters. The third-order valence-corrected chi connectivity index (χ3v) is 2.94. The lowest BCUT2D eigenvalue weighted by Gasteiger charge is -2.15. The van der Waals surface area contributed by atoms with Crippen molar-refractivity contribution in [1.82, 2.24) is 4.98 Å². The maximum Gasteiger partial charge on any atom is 0.165 e. The maximum absolute atomic E-state index is 5.88. The van der Waals surface area contributed by atoms with Gasteiger partial charge in [0.15, 0.2) is 11.5 Å². The number of aromatic nitrogens is 1. The number of pyridine rings is 1. The second kappa shape index (κ2) is 7.50. The van der Waals surface area contributed by atoms with Crippen molar-refractivity contribution in [3.63, 3.8) is 0 Å². The Morgan fingerprint density at radius 1 is 1.15 bits per heavy atom. The molecule has 0 aliphatic rings. The normalized spacial score (nSPS) is 10.3. The lowest BCUT2D eigenvalue weighted by molar-refractivity contribution is 0.276. The SMILES string of the molecule is CCOc1cccc(CN)c1OCCc1cccnc1. The number of hydrogen-bond acceptors (Lipinski definition) is 4. The Hall–Kier alpha value is -2.07. The van der Waals surface area contributed by atoms with Gasteiger partial charge in [-0.05, 0) is 24.6 Å². The van der Waals surface area contributed by atoms with Crippen LogP contribution in [-0.4, -0.2) is 18.2 Å². The molecule has 0 bridgehead atoms. The van der Waals surface area contributed by atoms with Crippen molar-refractivity contribution in [3.8, 4) is 11.5 Å². The molecule has 0 saturated carbocycles. The summed E-state index contributed by atoms with van der Waals surface area (Å²) in [6.45, 7) is 3.56. The van der Waals surface area contributed by atoms with E-state index < -0.39 is 0 Å². The lowest BCUT2D eigenvalue weighted by atomic mass is 10.2. The molecule has 0 saturated heterocycles. The number of rotatable bonds is 7. The molecule has 2 rings (SSSR count). The van der Waals surface area contributed by atoms with Crippen molar-refractivity contribution in [1.29, 1.82) is 0 Å². The zero-order valence-corrected chi connectivity index (χ0v) is 11.7. The highest BCUT2D eigenvalue weighted by molar-refractivity contribution is 5.46. The number of ether oxygens (including phenoxy) is 2. The smallest absolute Gasteiger partial charge is 0.165 e. The monoisotopic (exact) mass is 272 g/mol. The summed E-state index contributed by atoms with van der Waals surface area (Å²) in [5, 5.41) is 0. The Bertz CT molecular complexity index is 529. The van der Waals surface area contributed by atoms with Gasteiger partial charge < -0.3 is 15.2 Å². The van der Waals surface area contributed by atoms with Gasteiger partial charge in [0.1, 0.15) is 0 Å². The Balaban J connectivity index is 2.04. The van der Waals surface area contributed by atoms with E-state index in [2.05, 4.69) is 4.98 Å². The van der Waals surface area contributed by atoms with Crippen LogP contribution in [0.4, 0.5) is 0 Å². The summed E-state index contributed by atoms with van der Waals surface area (Å²) in [6, 6.07) is 9.76. The van der Waals surface area contributed by atoms with Crippen LogP contribution >= 0.6 is 0 Å². The molecule has 0 radical (unpaired) electrons. The molecular weight excluding hydrogens is 252 g/mol. The van der Waals surface area contributed by atoms with Crippen LogP contribution in [0.3, 0.4) is 0 Å². The van der Waals surface area contributed by atoms with Gasteiger partial charge in [-0.25, -0.2) is 0 Å². The van der Waals surface area contributed by atoms with Crippen molar-refractivity contribution >= 4 is 0 Å². The van der Waals surface area contributed by atoms with E-state index in [0.29, 0.717) is 19.8 Å². The standard InChI is InChI=1S/C16H20N2O2/c1-2-19-15-7-3-6-14(11-17)16(15)20-10-8-13-5-4-9-18-12-13/h3-7,9,12H,2,8,10-11,17H2,1H3. The van der Waals surface area contributed by atoms with Crippen LogP contribution in [0.1, 0.15) is 18.1 Å². The van der Waals surface area contributed by atoms with Crippen molar-refractivity contribution in [2.45, 2.75) is 19.9 Å². The summed E-state index contributed by atoms with van der Waals surface area (Å²) in [7, 11) is 0. The van der Waals surface area contributed by atoms with Crippen molar-refractivity contribution in [2.75, 3.05) is 13.2 Å². The summed E-state index contributed by atoms with van der Waals surface area (Å²) in [4.78, 5) is 4.09. The van der Waals surface area contributed by atoms with Gasteiger partial charge in [-0.1, -0.05) is 18.2 Å². The predicted molar refractivity (Wildman–Crippen MR) is 78.9 cm³/mol. The Morgan fingerprint density at radius 3 is 2.75 bits per heavy atom. The number of benzene rings is 1. The maximum atomic E-state index is 5.88. The molecule has 4 nitrogen and oxygen atoms in total. The molecule has 20 heavy (non-hydrogen) atoms. The molecule has 2 aromatic rings. The van der Waals surface area contributed by atoms with Crippen LogP contribution in [0.25, 0.3) is 0 Å². The largest absolute Gasteiger partial charge is 0.490 e. The van der Waals surface area contributed by atoms with E-state index >= 15 is 0 Å². The first kappa shape index (κ1) is 14.3. The van der Waals surface area contributed by atoms with Gasteiger partial charge >= 0.3 is 0 Å². The molecule has 106 valence electrons. The third kappa shape index (κ3) is 3.71. The van der Waals surface area contributed by atoms with E-state index in [9.17, 15) is 0 Å². The predicted octanol–water partition coefficient (Wildman–Crippen LogP) is 2.56. The zero-order valence-electron chi connectivity index (χ0n) is 11.7. The van der Waals surface area contributed by atoms with Crippen molar-refractivity contribution in [2.24, 2.45) is 5.73 Å². The molecule has 0 aliphatic heterocycles. The second-order valence-corrected chi connectivity index (χ2v) is 4.34. The van der Waals surface area contributed by atoms with E-state index in [1.165, 1.54) is 0 Å². The van der Waals surface area contributed by atoms with E-state index in [4.69, 9.17) is 15.2 Å². The molecule has 1 heterocycles. The summed E-state index contributed by atoms with van der Waals surface area (Å²) in [6.07, 6.45) is 4.42. The highest BCUT2D eigenvalue weighted by Crippen LogP contribution is 2.31. The Kier molecular flexibility index (Phi) is 5.38. The minimum atomic E-state index is 0.434. The first-order valence-electron chi connectivity index (χ1n) is 6.81. The van der Waals surface area contributed by atoms with E-state index in [1.54, 1.807) is 6.20 Å². The van der Waals surface area contributed by atoms with Crippen LogP contribution < -0.4 is 15.2 Å². The summed E-state index contributed by atoms with van der Waals surface area (Å²) >= 11 is 0. The van der Waals surface area contributed by atoms with Crippen molar-refractivity contribution in [3.05, 3.63) is 53.9 Å². The van der Waals surface area contributed by atoms with Gasteiger partial charge in [-0.15, -0.1) is 0 Å². The molecule has 0 amide bonds. The van der Waals surface area contributed by atoms with Gasteiger partial charge in [0, 0.05) is 30.9 Å². The van der Waals surface area contributed by atoms with Crippen LogP contribution in [0.5, 0.6) is 11.5 Å². The molecule has 1 aromatic carbocycles. The Morgan fingerprint density at radius 2 is 2.05 bits per heavy atom. The fourth-order valence-electron chi connectivity index (χ4n) is 1.97. The second-order valence-electron chi connectivity index (χ2n) is 4.34. The minimum Gasteiger partial charge on any atom is -0.490 e. The van der Waals surface area contributed by atoms with E-state index in [0.717, 1.165) is 29.0 Å². The molecule has 0 unspecified atom stereocenters. The summed E-state index contributed by atoms with van der Waals surface area (Å²) < 4.78 is 11.5. The number of nitrogens with two attached hydrogens (primary N) is 1. The topological polar surface area (TPSA) is 57.4 Å². The molecule has 0 spiro atoms. The molecule has 0 aliphatic carbocycles. The molecule has 2 N–H and O–H groups in total. The molecule has 4 heteroatoms. The highest BCUT2D eigenvalue weighted by Gasteiger charge is 2.09. The average Bonchev–Trinajstić information content (AvgIpc) is 2.50. The number of nitrogens with zero attached hydrogens (tertiary/aromatic N) is 1. The van der Waals surface area contributed by atoms with Crippen LogP contribution in [-0.2, 0) is 13.0 Å². The molecule has 1 aromatic heterocycles. The summed E-state index contributed by atoms with van der Waals surface area (Å²) in [5.74, 6) is 1.50. The van der Waals surface area contributed by atoms with Gasteiger partial charge in [0.05, 0.1) is 13.2 Å². The van der Waals surface area contributed by atoms with E-state index in [-0.39, 0.29) is 0 Å². The van der Waals surface area contributed by atoms with Gasteiger partial charge in [-0.2, -0.15) is 0 Å². The minimum absolute atomic E-state index is 0.434. The van der Waals surface area contributed by atoms with Gasteiger partial charge in [-0.3, -0.25) is 4.98 Å². The number of hydrogen-bond donors (Lipinski definition) is 1. The lowest BCUT2D eigenvalue weighted by Crippen LogP contribution is -2.08. The first-order valence-corrected chi connectivity index (χ1v) is 6.81. The molecule has 0 fully saturated rings. The summed E-state index contributed by atoms with van der Waals surface area (Å²) in [5.41, 5.74) is 7.86. The van der Waals surface area contributed by atoms with Gasteiger partial charge in [0.2, 0.25) is 0 Å². The molecular formula is C16H20N2O2. The first-order chi connectivity index (χ1) is 9.85. The van der Waals surface area contributed by atoms with Gasteiger partial charge in [0.25, 0.3) is 0 Å². The average molecular weight is 272 g/mol. The van der Waals surface area contributed by atoms with E-state index in [1.807, 2.05) is 43.5 Å². The quantitative estimate of drug-likeness (QED) is 0.841. The highest BCUT2D eigenvalue weighted by atomic mass is 16.5. The Labute approximate surface area is 119 Å². The van der Waals surface area contributed by atoms with Crippen LogP contribution in [0.15, 0.2) is 42.7 Å². The van der Waals surface area contributed by atoms with Crippen molar-refractivity contribution < 1.29 is 9.47 Å².